The average Bonchev–Trinajstić information content (AvgIpc) is 3.58. The summed E-state index contributed by atoms with van der Waals surface area (Å²) in [6.07, 6.45) is 11.8. The van der Waals surface area contributed by atoms with Crippen LogP contribution in [0.15, 0.2) is 52.6 Å². The van der Waals surface area contributed by atoms with Crippen LogP contribution < -0.4 is 5.73 Å². The number of nitriles is 2. The van der Waals surface area contributed by atoms with Gasteiger partial charge in [0.2, 0.25) is 0 Å². The number of aldehydes is 1. The lowest BCUT2D eigenvalue weighted by Crippen LogP contribution is -2.15. The lowest BCUT2D eigenvalue weighted by Gasteiger charge is -2.23. The summed E-state index contributed by atoms with van der Waals surface area (Å²) < 4.78 is 17.5. The Bertz CT molecular complexity index is 1510. The highest BCUT2D eigenvalue weighted by Crippen LogP contribution is 2.38. The number of benzene rings is 1. The standard InChI is InChI=1S/C25H21FN6S.C2H4O2.CH5N/c1-16-22(14-30-32(16)21-5-3-2-4-6-21)18-10-24(25-19(12-28)13-29-31(25)15-18)33-23-8-7-20(26)9-17(23)11-27;3-1-2-4;1-2/h7-10,13-15,21H,2-6H2,1H3;1,4H,2H2;2H2,1H3. The maximum absolute atomic E-state index is 13.7. The normalized spacial score (nSPS) is 12.9. The van der Waals surface area contributed by atoms with Gasteiger partial charge in [0.05, 0.1) is 41.7 Å². The van der Waals surface area contributed by atoms with Crippen molar-refractivity contribution >= 4 is 23.6 Å². The van der Waals surface area contributed by atoms with Gasteiger partial charge in [-0.25, -0.2) is 8.91 Å². The summed E-state index contributed by atoms with van der Waals surface area (Å²) in [6, 6.07) is 10.8. The molecule has 1 aromatic carbocycles. The summed E-state index contributed by atoms with van der Waals surface area (Å²) in [4.78, 5) is 10.3. The molecule has 202 valence electrons. The van der Waals surface area contributed by atoms with Gasteiger partial charge in [-0.15, -0.1) is 0 Å². The molecule has 39 heavy (non-hydrogen) atoms. The van der Waals surface area contributed by atoms with Crippen LogP contribution in [0.5, 0.6) is 0 Å². The molecule has 4 aromatic rings. The predicted octanol–water partition coefficient (Wildman–Crippen LogP) is 4.80. The SMILES string of the molecule is CN.Cc1c(-c2cc(Sc3ccc(F)cc3C#N)c3c(C#N)cnn3c2)cnn1C1CCCCC1.O=CCO. The van der Waals surface area contributed by atoms with Crippen molar-refractivity contribution in [2.24, 2.45) is 5.73 Å². The van der Waals surface area contributed by atoms with E-state index in [1.165, 1.54) is 56.4 Å². The van der Waals surface area contributed by atoms with Gasteiger partial charge in [0.1, 0.15) is 24.2 Å². The molecule has 9 nitrogen and oxygen atoms in total. The van der Waals surface area contributed by atoms with Crippen LogP contribution in [0.2, 0.25) is 0 Å². The number of aromatic nitrogens is 4. The Labute approximate surface area is 230 Å². The number of nitrogens with two attached hydrogens (primary N) is 1. The molecule has 0 aliphatic heterocycles. The van der Waals surface area contributed by atoms with Crippen molar-refractivity contribution in [3.8, 4) is 23.3 Å². The van der Waals surface area contributed by atoms with Crippen LogP contribution in [-0.4, -0.2) is 44.4 Å². The molecule has 3 N–H and O–H groups in total. The minimum Gasteiger partial charge on any atom is -0.389 e. The van der Waals surface area contributed by atoms with Gasteiger partial charge in [0.15, 0.2) is 0 Å². The third-order valence-electron chi connectivity index (χ3n) is 6.33. The monoisotopic (exact) mass is 547 g/mol. The number of aliphatic hydroxyl groups excluding tert-OH is 1. The van der Waals surface area contributed by atoms with Crippen LogP contribution in [0, 0.1) is 35.4 Å². The zero-order valence-electron chi connectivity index (χ0n) is 21.8. The number of fused-ring (bicyclic) bond motifs is 1. The lowest BCUT2D eigenvalue weighted by molar-refractivity contribution is -0.110. The highest BCUT2D eigenvalue weighted by Gasteiger charge is 2.21. The zero-order valence-corrected chi connectivity index (χ0v) is 22.7. The van der Waals surface area contributed by atoms with E-state index in [0.29, 0.717) is 28.3 Å². The molecule has 5 rings (SSSR count). The maximum atomic E-state index is 13.7. The van der Waals surface area contributed by atoms with Gasteiger partial charge in [0, 0.05) is 32.8 Å². The Kier molecular flexibility index (Phi) is 10.8. The average molecular weight is 548 g/mol. The Morgan fingerprint density at radius 3 is 2.44 bits per heavy atom. The third kappa shape index (κ3) is 6.70. The molecule has 1 aliphatic rings. The molecule has 1 fully saturated rings. The first-order valence-corrected chi connectivity index (χ1v) is 13.3. The van der Waals surface area contributed by atoms with Gasteiger partial charge in [0.25, 0.3) is 0 Å². The molecule has 0 saturated heterocycles. The van der Waals surface area contributed by atoms with Gasteiger partial charge in [-0.3, -0.25) is 4.68 Å². The first-order chi connectivity index (χ1) is 19.0. The number of carbonyl (C=O) groups excluding carboxylic acids is 1. The minimum absolute atomic E-state index is 0.253. The Balaban J connectivity index is 0.000000644. The number of pyridine rings is 1. The molecule has 0 spiro atoms. The fraction of sp³-hybridized carbons (Fsp3) is 0.321. The van der Waals surface area contributed by atoms with Gasteiger partial charge in [-0.1, -0.05) is 31.0 Å². The molecule has 0 bridgehead atoms. The second-order valence-electron chi connectivity index (χ2n) is 8.64. The van der Waals surface area contributed by atoms with Crippen LogP contribution in [0.1, 0.15) is 55.0 Å². The maximum Gasteiger partial charge on any atom is 0.145 e. The molecule has 0 unspecified atom stereocenters. The van der Waals surface area contributed by atoms with E-state index in [1.807, 2.05) is 18.5 Å². The van der Waals surface area contributed by atoms with Crippen LogP contribution in [0.25, 0.3) is 16.6 Å². The number of rotatable bonds is 5. The second kappa shape index (κ2) is 14.2. The van der Waals surface area contributed by atoms with E-state index in [9.17, 15) is 14.9 Å². The quantitative estimate of drug-likeness (QED) is 0.339. The molecule has 11 heteroatoms. The Hall–Kier alpha value is -4.03. The Morgan fingerprint density at radius 2 is 1.79 bits per heavy atom. The largest absolute Gasteiger partial charge is 0.389 e. The topological polar surface area (TPSA) is 146 Å². The van der Waals surface area contributed by atoms with Crippen molar-refractivity contribution in [1.82, 2.24) is 19.4 Å². The summed E-state index contributed by atoms with van der Waals surface area (Å²) in [5, 5.41) is 35.7. The van der Waals surface area contributed by atoms with Crippen molar-refractivity contribution in [2.45, 2.75) is 54.9 Å². The van der Waals surface area contributed by atoms with Crippen molar-refractivity contribution in [2.75, 3.05) is 13.7 Å². The van der Waals surface area contributed by atoms with E-state index >= 15 is 0 Å². The smallest absolute Gasteiger partial charge is 0.145 e. The molecule has 0 atom stereocenters. The summed E-state index contributed by atoms with van der Waals surface area (Å²) in [6.45, 7) is 1.73. The fourth-order valence-electron chi connectivity index (χ4n) is 4.59. The van der Waals surface area contributed by atoms with Crippen LogP contribution in [0.4, 0.5) is 4.39 Å². The molecule has 0 radical (unpaired) electrons. The van der Waals surface area contributed by atoms with Crippen molar-refractivity contribution in [1.29, 1.82) is 10.5 Å². The van der Waals surface area contributed by atoms with Crippen LogP contribution >= 0.6 is 11.8 Å². The summed E-state index contributed by atoms with van der Waals surface area (Å²) in [5.74, 6) is -0.456. The molecule has 1 aliphatic carbocycles. The summed E-state index contributed by atoms with van der Waals surface area (Å²) >= 11 is 1.33. The lowest BCUT2D eigenvalue weighted by atomic mass is 9.95. The van der Waals surface area contributed by atoms with Crippen LogP contribution in [-0.2, 0) is 4.79 Å². The van der Waals surface area contributed by atoms with Crippen molar-refractivity contribution in [3.63, 3.8) is 0 Å². The van der Waals surface area contributed by atoms with Gasteiger partial charge >= 0.3 is 0 Å². The van der Waals surface area contributed by atoms with Gasteiger partial charge in [-0.05, 0) is 51.1 Å². The molecule has 3 heterocycles. The predicted molar refractivity (Wildman–Crippen MR) is 146 cm³/mol. The number of hydrogen-bond acceptors (Lipinski definition) is 8. The third-order valence-corrected chi connectivity index (χ3v) is 7.44. The van der Waals surface area contributed by atoms with Gasteiger partial charge < -0.3 is 15.6 Å². The molecule has 3 aromatic heterocycles. The van der Waals surface area contributed by atoms with Gasteiger partial charge in [-0.2, -0.15) is 20.7 Å². The van der Waals surface area contributed by atoms with E-state index in [0.717, 1.165) is 34.6 Å². The number of aliphatic hydroxyl groups is 1. The number of hydrogen-bond donors (Lipinski definition) is 2. The minimum atomic E-state index is -0.456. The zero-order chi connectivity index (χ0) is 28.4. The van der Waals surface area contributed by atoms with Crippen LogP contribution in [0.3, 0.4) is 0 Å². The molecule has 1 saturated carbocycles. The summed E-state index contributed by atoms with van der Waals surface area (Å²) in [7, 11) is 1.50. The first-order valence-electron chi connectivity index (χ1n) is 12.5. The molecular formula is C28H30FN7O2S. The van der Waals surface area contributed by atoms with E-state index in [1.54, 1.807) is 10.6 Å². The Morgan fingerprint density at radius 1 is 1.10 bits per heavy atom. The number of halogens is 1. The fourth-order valence-corrected chi connectivity index (χ4v) is 5.66. The van der Waals surface area contributed by atoms with Crippen molar-refractivity contribution in [3.05, 3.63) is 65.5 Å². The molecular weight excluding hydrogens is 517 g/mol. The highest BCUT2D eigenvalue weighted by atomic mass is 32.2. The molecule has 0 amide bonds. The summed E-state index contributed by atoms with van der Waals surface area (Å²) in [5.41, 5.74) is 8.90. The number of carbonyl (C=O) groups is 1. The van der Waals surface area contributed by atoms with E-state index in [2.05, 4.69) is 34.6 Å². The van der Waals surface area contributed by atoms with E-state index in [4.69, 9.17) is 15.0 Å². The van der Waals surface area contributed by atoms with Crippen molar-refractivity contribution < 1.29 is 14.3 Å². The highest BCUT2D eigenvalue weighted by molar-refractivity contribution is 7.99. The van der Waals surface area contributed by atoms with E-state index < -0.39 is 5.82 Å². The number of nitrogens with zero attached hydrogens (tertiary/aromatic N) is 6. The second-order valence-corrected chi connectivity index (χ2v) is 9.72. The van der Waals surface area contributed by atoms with E-state index in [-0.39, 0.29) is 12.2 Å². The first kappa shape index (κ1) is 29.5.